The van der Waals surface area contributed by atoms with Crippen molar-refractivity contribution in [3.63, 3.8) is 0 Å². The highest BCUT2D eigenvalue weighted by molar-refractivity contribution is 6.99. The first-order valence-electron chi connectivity index (χ1n) is 11.0. The Hall–Kier alpha value is -2.74. The van der Waals surface area contributed by atoms with Crippen molar-refractivity contribution in [2.45, 2.75) is 44.4 Å². The van der Waals surface area contributed by atoms with Crippen LogP contribution in [-0.4, -0.2) is 35.7 Å². The van der Waals surface area contributed by atoms with Crippen LogP contribution in [0.1, 0.15) is 33.2 Å². The zero-order valence-corrected chi connectivity index (χ0v) is 19.7. The van der Waals surface area contributed by atoms with Crippen LogP contribution in [0.2, 0.25) is 5.04 Å². The van der Waals surface area contributed by atoms with E-state index in [0.717, 1.165) is 0 Å². The van der Waals surface area contributed by atoms with E-state index in [0.29, 0.717) is 13.0 Å². The lowest BCUT2D eigenvalue weighted by atomic mass is 9.77. The Labute approximate surface area is 188 Å². The second-order valence-electron chi connectivity index (χ2n) is 9.55. The van der Waals surface area contributed by atoms with Crippen LogP contribution in [0, 0.1) is 5.92 Å². The van der Waals surface area contributed by atoms with Gasteiger partial charge in [-0.25, -0.2) is 4.79 Å². The number of aromatic amines is 1. The normalized spacial score (nSPS) is 21.2. The van der Waals surface area contributed by atoms with Gasteiger partial charge in [0.1, 0.15) is 0 Å². The Morgan fingerprint density at radius 1 is 1.00 bits per heavy atom. The molecule has 1 saturated carbocycles. The van der Waals surface area contributed by atoms with Crippen LogP contribution in [0.3, 0.4) is 0 Å². The average molecular weight is 451 g/mol. The van der Waals surface area contributed by atoms with Gasteiger partial charge in [-0.05, 0) is 21.8 Å². The minimum atomic E-state index is -2.67. The molecule has 0 unspecified atom stereocenters. The molecule has 1 heterocycles. The molecule has 0 radical (unpaired) electrons. The molecule has 2 aromatic carbocycles. The molecule has 0 spiro atoms. The number of aromatic nitrogens is 2. The largest absolute Gasteiger partial charge is 0.407 e. The van der Waals surface area contributed by atoms with Crippen molar-refractivity contribution < 1.29 is 9.53 Å². The Kier molecular flexibility index (Phi) is 6.07. The number of nitrogens with zero attached hydrogens (tertiary/aromatic N) is 1. The summed E-state index contributed by atoms with van der Waals surface area (Å²) in [5.41, 5.74) is -0.931. The minimum Gasteiger partial charge on any atom is -0.407 e. The molecule has 3 atom stereocenters. The van der Waals surface area contributed by atoms with Gasteiger partial charge >= 0.3 is 5.69 Å². The van der Waals surface area contributed by atoms with Crippen LogP contribution in [0.25, 0.3) is 0 Å². The molecule has 1 aromatic heterocycles. The molecule has 3 aromatic rings. The highest BCUT2D eigenvalue weighted by atomic mass is 28.4. The summed E-state index contributed by atoms with van der Waals surface area (Å²) in [6, 6.07) is 21.7. The fourth-order valence-corrected chi connectivity index (χ4v) is 9.45. The van der Waals surface area contributed by atoms with Gasteiger partial charge in [-0.3, -0.25) is 14.3 Å². The first-order valence-corrected chi connectivity index (χ1v) is 12.9. The van der Waals surface area contributed by atoms with Gasteiger partial charge in [-0.2, -0.15) is 0 Å². The molecule has 4 rings (SSSR count). The number of benzene rings is 2. The van der Waals surface area contributed by atoms with Crippen molar-refractivity contribution in [3.8, 4) is 0 Å². The minimum absolute atomic E-state index is 0.0829. The fourth-order valence-electron chi connectivity index (χ4n) is 4.83. The molecular formula is C25H30N2O4Si. The molecule has 1 fully saturated rings. The van der Waals surface area contributed by atoms with E-state index in [9.17, 15) is 14.7 Å². The van der Waals surface area contributed by atoms with Gasteiger partial charge in [0, 0.05) is 24.8 Å². The molecule has 1 aliphatic carbocycles. The van der Waals surface area contributed by atoms with Crippen LogP contribution < -0.4 is 21.6 Å². The molecule has 168 valence electrons. The van der Waals surface area contributed by atoms with Crippen molar-refractivity contribution in [2.75, 3.05) is 6.61 Å². The van der Waals surface area contributed by atoms with E-state index in [2.05, 4.69) is 50.0 Å². The quantitative estimate of drug-likeness (QED) is 0.563. The van der Waals surface area contributed by atoms with E-state index in [-0.39, 0.29) is 17.0 Å². The zero-order chi connectivity index (χ0) is 22.9. The van der Waals surface area contributed by atoms with Crippen LogP contribution in [0.15, 0.2) is 82.5 Å². The lowest BCUT2D eigenvalue weighted by molar-refractivity contribution is -0.0550. The number of aliphatic hydroxyl groups is 1. The molecule has 6 nitrogen and oxygen atoms in total. The van der Waals surface area contributed by atoms with Gasteiger partial charge in [-0.1, -0.05) is 81.4 Å². The first-order chi connectivity index (χ1) is 15.2. The highest BCUT2D eigenvalue weighted by Crippen LogP contribution is 2.41. The summed E-state index contributed by atoms with van der Waals surface area (Å²) in [6.45, 7) is 7.07. The van der Waals surface area contributed by atoms with E-state index in [1.807, 2.05) is 36.4 Å². The number of rotatable bonds is 6. The summed E-state index contributed by atoms with van der Waals surface area (Å²) in [6.07, 6.45) is 1.36. The van der Waals surface area contributed by atoms with E-state index < -0.39 is 25.7 Å². The molecule has 0 aliphatic heterocycles. The molecule has 0 bridgehead atoms. The second kappa shape index (κ2) is 8.65. The lowest BCUT2D eigenvalue weighted by Crippen LogP contribution is -2.67. The number of hydrogen-bond acceptors (Lipinski definition) is 4. The summed E-state index contributed by atoms with van der Waals surface area (Å²) in [5, 5.41) is 13.1. The third-order valence-corrected chi connectivity index (χ3v) is 11.6. The standard InChI is InChI=1S/C25H30N2O4Si/c1-25(2,3)32(19-10-6-4-7-11-19,20-12-8-5-9-13-20)31-17-18-16-21(23(18)29)27-15-14-22(28)26-24(27)30/h4-15,18,21,23,29H,16-17H2,1-3H3,(H,26,28,30)/t18-,21+,23+/m1/s1. The predicted molar refractivity (Wildman–Crippen MR) is 128 cm³/mol. The Bertz CT molecular complexity index is 1130. The van der Waals surface area contributed by atoms with Crippen molar-refractivity contribution in [2.24, 2.45) is 5.92 Å². The maximum atomic E-state index is 12.1. The Balaban J connectivity index is 1.62. The molecule has 0 saturated heterocycles. The number of aliphatic hydroxyl groups excluding tert-OH is 1. The summed E-state index contributed by atoms with van der Waals surface area (Å²) in [5.74, 6) is -0.0829. The van der Waals surface area contributed by atoms with Gasteiger partial charge in [0.25, 0.3) is 13.9 Å². The maximum absolute atomic E-state index is 12.1. The zero-order valence-electron chi connectivity index (χ0n) is 18.7. The van der Waals surface area contributed by atoms with Crippen molar-refractivity contribution in [1.29, 1.82) is 0 Å². The molecular weight excluding hydrogens is 420 g/mol. The van der Waals surface area contributed by atoms with E-state index in [1.165, 1.54) is 27.2 Å². The molecule has 0 amide bonds. The van der Waals surface area contributed by atoms with Crippen LogP contribution in [0.4, 0.5) is 0 Å². The summed E-state index contributed by atoms with van der Waals surface area (Å²) in [7, 11) is -2.67. The van der Waals surface area contributed by atoms with Gasteiger partial charge < -0.3 is 9.53 Å². The van der Waals surface area contributed by atoms with Gasteiger partial charge in [0.2, 0.25) is 0 Å². The molecule has 7 heteroatoms. The van der Waals surface area contributed by atoms with Crippen molar-refractivity contribution in [3.05, 3.63) is 93.8 Å². The average Bonchev–Trinajstić information content (AvgIpc) is 2.77. The first kappa shape index (κ1) is 22.5. The third-order valence-electron chi connectivity index (χ3n) is 6.56. The Morgan fingerprint density at radius 2 is 1.56 bits per heavy atom. The van der Waals surface area contributed by atoms with Gasteiger partial charge in [0.05, 0.1) is 12.1 Å². The number of H-pyrrole nitrogens is 1. The lowest BCUT2D eigenvalue weighted by Gasteiger charge is -2.47. The summed E-state index contributed by atoms with van der Waals surface area (Å²) in [4.78, 5) is 25.7. The maximum Gasteiger partial charge on any atom is 0.328 e. The second-order valence-corrected chi connectivity index (χ2v) is 13.9. The topological polar surface area (TPSA) is 84.3 Å². The number of hydrogen-bond donors (Lipinski definition) is 2. The van der Waals surface area contributed by atoms with Crippen LogP contribution in [-0.2, 0) is 4.43 Å². The third kappa shape index (κ3) is 3.92. The van der Waals surface area contributed by atoms with Crippen LogP contribution in [0.5, 0.6) is 0 Å². The fraction of sp³-hybridized carbons (Fsp3) is 0.360. The Morgan fingerprint density at radius 3 is 2.03 bits per heavy atom. The molecule has 2 N–H and O–H groups in total. The molecule has 1 aliphatic rings. The highest BCUT2D eigenvalue weighted by Gasteiger charge is 2.52. The van der Waals surface area contributed by atoms with Gasteiger partial charge in [-0.15, -0.1) is 0 Å². The monoisotopic (exact) mass is 450 g/mol. The van der Waals surface area contributed by atoms with E-state index >= 15 is 0 Å². The van der Waals surface area contributed by atoms with Crippen LogP contribution >= 0.6 is 0 Å². The SMILES string of the molecule is CC(C)(C)[Si](OC[C@H]1C[C@H](n2ccc(=O)[nH]c2=O)[C@H]1O)(c1ccccc1)c1ccccc1. The summed E-state index contributed by atoms with van der Waals surface area (Å²) >= 11 is 0. The van der Waals surface area contributed by atoms with Gasteiger partial charge in [0.15, 0.2) is 0 Å². The van der Waals surface area contributed by atoms with Crippen molar-refractivity contribution in [1.82, 2.24) is 9.55 Å². The predicted octanol–water partition coefficient (Wildman–Crippen LogP) is 2.04. The van der Waals surface area contributed by atoms with Crippen molar-refractivity contribution >= 4 is 18.7 Å². The smallest absolute Gasteiger partial charge is 0.328 e. The van der Waals surface area contributed by atoms with E-state index in [4.69, 9.17) is 4.43 Å². The number of nitrogens with one attached hydrogen (secondary N) is 1. The summed E-state index contributed by atoms with van der Waals surface area (Å²) < 4.78 is 8.32. The van der Waals surface area contributed by atoms with E-state index in [1.54, 1.807) is 0 Å². The molecule has 32 heavy (non-hydrogen) atoms.